The summed E-state index contributed by atoms with van der Waals surface area (Å²) in [6.07, 6.45) is 5.78. The van der Waals surface area contributed by atoms with Crippen LogP contribution in [0.5, 0.6) is 5.75 Å². The highest BCUT2D eigenvalue weighted by molar-refractivity contribution is 5.92. The van der Waals surface area contributed by atoms with Crippen molar-refractivity contribution >= 4 is 5.97 Å². The first-order valence-corrected chi connectivity index (χ1v) is 8.49. The van der Waals surface area contributed by atoms with Crippen molar-refractivity contribution in [3.05, 3.63) is 28.8 Å². The second-order valence-electron chi connectivity index (χ2n) is 7.12. The van der Waals surface area contributed by atoms with Crippen LogP contribution in [0.4, 0.5) is 0 Å². The third kappa shape index (κ3) is 2.63. The van der Waals surface area contributed by atoms with Crippen LogP contribution < -0.4 is 4.74 Å². The quantitative estimate of drug-likeness (QED) is 0.851. The lowest BCUT2D eigenvalue weighted by Gasteiger charge is -2.46. The summed E-state index contributed by atoms with van der Waals surface area (Å²) in [5.41, 5.74) is 2.36. The number of hydrogen-bond donors (Lipinski definition) is 1. The van der Waals surface area contributed by atoms with Gasteiger partial charge < -0.3 is 14.6 Å². The van der Waals surface area contributed by atoms with Crippen LogP contribution in [0.25, 0.3) is 0 Å². The molecule has 4 nitrogen and oxygen atoms in total. The van der Waals surface area contributed by atoms with E-state index in [1.807, 2.05) is 6.07 Å². The number of hydrogen-bond acceptors (Lipinski definition) is 4. The van der Waals surface area contributed by atoms with E-state index in [4.69, 9.17) is 9.47 Å². The summed E-state index contributed by atoms with van der Waals surface area (Å²) >= 11 is 0. The van der Waals surface area contributed by atoms with Crippen molar-refractivity contribution in [1.29, 1.82) is 0 Å². The molecule has 3 atom stereocenters. The molecule has 2 bridgehead atoms. The molecule has 0 amide bonds. The maximum absolute atomic E-state index is 12.3. The van der Waals surface area contributed by atoms with Crippen molar-refractivity contribution in [2.24, 2.45) is 5.92 Å². The van der Waals surface area contributed by atoms with Crippen molar-refractivity contribution in [2.45, 2.75) is 57.0 Å². The number of ether oxygens (including phenoxy) is 2. The standard InChI is InChI=1S/C19H26O4/c1-19-8-6-4-5-7-12(17(19)20)9-14-15(18(21)23-3)10-13(22-2)11-16(14)19/h10-12,17,20H,4-9H2,1-3H3. The predicted molar refractivity (Wildman–Crippen MR) is 88.0 cm³/mol. The lowest BCUT2D eigenvalue weighted by atomic mass is 9.60. The summed E-state index contributed by atoms with van der Waals surface area (Å²) in [7, 11) is 3.01. The zero-order chi connectivity index (χ0) is 16.6. The molecule has 1 aromatic carbocycles. The Morgan fingerprint density at radius 2 is 2.04 bits per heavy atom. The van der Waals surface area contributed by atoms with Crippen LogP contribution in [-0.2, 0) is 16.6 Å². The molecule has 0 aliphatic heterocycles. The van der Waals surface area contributed by atoms with Gasteiger partial charge in [-0.2, -0.15) is 0 Å². The minimum absolute atomic E-state index is 0.213. The molecule has 2 aliphatic carbocycles. The fraction of sp³-hybridized carbons (Fsp3) is 0.632. The van der Waals surface area contributed by atoms with Gasteiger partial charge in [0.25, 0.3) is 0 Å². The van der Waals surface area contributed by atoms with Crippen LogP contribution in [-0.4, -0.2) is 31.4 Å². The van der Waals surface area contributed by atoms with Gasteiger partial charge in [-0.3, -0.25) is 0 Å². The summed E-state index contributed by atoms with van der Waals surface area (Å²) in [4.78, 5) is 12.3. The number of carbonyl (C=O) groups is 1. The predicted octanol–water partition coefficient (Wildman–Crippen LogP) is 3.24. The Bertz CT molecular complexity index is 610. The van der Waals surface area contributed by atoms with E-state index in [2.05, 4.69) is 6.92 Å². The van der Waals surface area contributed by atoms with Crippen molar-refractivity contribution < 1.29 is 19.4 Å². The molecule has 0 saturated heterocycles. The van der Waals surface area contributed by atoms with Crippen LogP contribution in [0.2, 0.25) is 0 Å². The van der Waals surface area contributed by atoms with E-state index >= 15 is 0 Å². The van der Waals surface area contributed by atoms with Crippen molar-refractivity contribution in [3.63, 3.8) is 0 Å². The maximum atomic E-state index is 12.3. The van der Waals surface area contributed by atoms with Gasteiger partial charge in [0.15, 0.2) is 0 Å². The molecule has 23 heavy (non-hydrogen) atoms. The van der Waals surface area contributed by atoms with Crippen LogP contribution in [0.1, 0.15) is 60.5 Å². The van der Waals surface area contributed by atoms with Crippen molar-refractivity contribution in [3.8, 4) is 5.75 Å². The number of aliphatic hydroxyl groups is 1. The zero-order valence-electron chi connectivity index (χ0n) is 14.2. The number of aliphatic hydroxyl groups excluding tert-OH is 1. The van der Waals surface area contributed by atoms with E-state index in [9.17, 15) is 9.90 Å². The van der Waals surface area contributed by atoms with E-state index in [1.165, 1.54) is 13.5 Å². The Labute approximate surface area is 137 Å². The summed E-state index contributed by atoms with van der Waals surface area (Å²) in [5.74, 6) is 0.539. The van der Waals surface area contributed by atoms with Gasteiger partial charge in [0.1, 0.15) is 5.75 Å². The smallest absolute Gasteiger partial charge is 0.338 e. The highest BCUT2D eigenvalue weighted by Crippen LogP contribution is 2.48. The molecule has 0 heterocycles. The van der Waals surface area contributed by atoms with Gasteiger partial charge in [-0.15, -0.1) is 0 Å². The first kappa shape index (κ1) is 16.3. The Morgan fingerprint density at radius 1 is 1.26 bits per heavy atom. The van der Waals surface area contributed by atoms with E-state index in [0.717, 1.165) is 43.2 Å². The molecule has 0 aromatic heterocycles. The normalized spacial score (nSPS) is 29.9. The molecule has 1 aromatic rings. The summed E-state index contributed by atoms with van der Waals surface area (Å²) in [5, 5.41) is 11.0. The van der Waals surface area contributed by atoms with Crippen LogP contribution in [0.3, 0.4) is 0 Å². The monoisotopic (exact) mass is 318 g/mol. The third-order valence-electron chi connectivity index (χ3n) is 5.82. The Hall–Kier alpha value is -1.55. The number of methoxy groups -OCH3 is 2. The fourth-order valence-corrected chi connectivity index (χ4v) is 4.46. The van der Waals surface area contributed by atoms with Gasteiger partial charge in [0, 0.05) is 5.41 Å². The molecule has 1 saturated carbocycles. The Balaban J connectivity index is 2.21. The van der Waals surface area contributed by atoms with Gasteiger partial charge in [-0.05, 0) is 48.4 Å². The summed E-state index contributed by atoms with van der Waals surface area (Å²) < 4.78 is 10.4. The highest BCUT2D eigenvalue weighted by atomic mass is 16.5. The molecule has 2 aliphatic rings. The number of esters is 1. The fourth-order valence-electron chi connectivity index (χ4n) is 4.46. The largest absolute Gasteiger partial charge is 0.497 e. The van der Waals surface area contributed by atoms with Gasteiger partial charge >= 0.3 is 5.97 Å². The number of fused-ring (bicyclic) bond motifs is 4. The summed E-state index contributed by atoms with van der Waals surface area (Å²) in [6, 6.07) is 3.77. The van der Waals surface area contributed by atoms with Crippen LogP contribution >= 0.6 is 0 Å². The minimum Gasteiger partial charge on any atom is -0.497 e. The van der Waals surface area contributed by atoms with Crippen LogP contribution in [0, 0.1) is 5.92 Å². The molecular weight excluding hydrogens is 292 g/mol. The molecule has 3 unspecified atom stereocenters. The van der Waals surface area contributed by atoms with Crippen molar-refractivity contribution in [2.75, 3.05) is 14.2 Å². The Morgan fingerprint density at radius 3 is 2.74 bits per heavy atom. The third-order valence-corrected chi connectivity index (χ3v) is 5.82. The Kier molecular flexibility index (Phi) is 4.37. The SMILES string of the molecule is COC(=O)c1cc(OC)cc2c1CC1CCCCCC2(C)C1O. The lowest BCUT2D eigenvalue weighted by molar-refractivity contribution is 0.00836. The first-order valence-electron chi connectivity index (χ1n) is 8.49. The molecule has 1 N–H and O–H groups in total. The van der Waals surface area contributed by atoms with E-state index in [0.29, 0.717) is 11.3 Å². The van der Waals surface area contributed by atoms with E-state index in [1.54, 1.807) is 13.2 Å². The number of rotatable bonds is 2. The van der Waals surface area contributed by atoms with E-state index in [-0.39, 0.29) is 23.4 Å². The van der Waals surface area contributed by atoms with Crippen molar-refractivity contribution in [1.82, 2.24) is 0 Å². The molecule has 3 rings (SSSR count). The van der Waals surface area contributed by atoms with Gasteiger partial charge in [0.05, 0.1) is 25.9 Å². The van der Waals surface area contributed by atoms with E-state index < -0.39 is 0 Å². The minimum atomic E-state index is -0.368. The lowest BCUT2D eigenvalue weighted by Crippen LogP contribution is -2.48. The van der Waals surface area contributed by atoms with Crippen LogP contribution in [0.15, 0.2) is 12.1 Å². The molecule has 126 valence electrons. The summed E-state index contributed by atoms with van der Waals surface area (Å²) in [6.45, 7) is 2.13. The van der Waals surface area contributed by atoms with Gasteiger partial charge in [-0.25, -0.2) is 4.79 Å². The topological polar surface area (TPSA) is 55.8 Å². The van der Waals surface area contributed by atoms with Gasteiger partial charge in [0.2, 0.25) is 0 Å². The second kappa shape index (κ2) is 6.16. The molecule has 1 fully saturated rings. The molecule has 4 heteroatoms. The first-order chi connectivity index (χ1) is 11.0. The molecular formula is C19H26O4. The molecule has 0 spiro atoms. The zero-order valence-corrected chi connectivity index (χ0v) is 14.2. The number of carbonyl (C=O) groups excluding carboxylic acids is 1. The highest BCUT2D eigenvalue weighted by Gasteiger charge is 2.46. The molecule has 0 radical (unpaired) electrons. The number of benzene rings is 1. The average Bonchev–Trinajstić information content (AvgIpc) is 2.57. The second-order valence-corrected chi connectivity index (χ2v) is 7.12. The van der Waals surface area contributed by atoms with Gasteiger partial charge in [-0.1, -0.05) is 26.2 Å². The maximum Gasteiger partial charge on any atom is 0.338 e. The average molecular weight is 318 g/mol.